The fourth-order valence-corrected chi connectivity index (χ4v) is 2.85. The SMILES string of the molecule is CCc1ccc(CNC(=NC)NCCOc2ccccc2)s1. The molecule has 0 spiro atoms. The summed E-state index contributed by atoms with van der Waals surface area (Å²) in [5.74, 6) is 1.68. The van der Waals surface area contributed by atoms with Crippen LogP contribution < -0.4 is 15.4 Å². The molecule has 0 fully saturated rings. The number of aliphatic imine (C=N–C) groups is 1. The Balaban J connectivity index is 1.67. The average molecular weight is 317 g/mol. The molecule has 22 heavy (non-hydrogen) atoms. The number of aryl methyl sites for hydroxylation is 1. The molecular weight excluding hydrogens is 294 g/mol. The van der Waals surface area contributed by atoms with E-state index in [4.69, 9.17) is 4.74 Å². The molecule has 0 saturated heterocycles. The first-order chi connectivity index (χ1) is 10.8. The number of thiophene rings is 1. The van der Waals surface area contributed by atoms with Crippen LogP contribution in [0.25, 0.3) is 0 Å². The summed E-state index contributed by atoms with van der Waals surface area (Å²) >= 11 is 1.84. The van der Waals surface area contributed by atoms with E-state index in [2.05, 4.69) is 34.7 Å². The number of nitrogens with one attached hydrogen (secondary N) is 2. The summed E-state index contributed by atoms with van der Waals surface area (Å²) in [6.07, 6.45) is 1.09. The lowest BCUT2D eigenvalue weighted by Crippen LogP contribution is -2.38. The lowest BCUT2D eigenvalue weighted by atomic mass is 10.3. The van der Waals surface area contributed by atoms with Gasteiger partial charge < -0.3 is 15.4 Å². The summed E-state index contributed by atoms with van der Waals surface area (Å²) in [6, 6.07) is 14.2. The van der Waals surface area contributed by atoms with Crippen molar-refractivity contribution in [2.24, 2.45) is 4.99 Å². The van der Waals surface area contributed by atoms with Crippen molar-refractivity contribution in [1.29, 1.82) is 0 Å². The molecule has 0 unspecified atom stereocenters. The second-order valence-electron chi connectivity index (χ2n) is 4.74. The number of nitrogens with zero attached hydrogens (tertiary/aromatic N) is 1. The molecule has 0 amide bonds. The number of hydrogen-bond acceptors (Lipinski definition) is 3. The Morgan fingerprint density at radius 1 is 1.09 bits per heavy atom. The summed E-state index contributed by atoms with van der Waals surface area (Å²) in [7, 11) is 1.78. The molecule has 0 atom stereocenters. The Kier molecular flexibility index (Phi) is 6.77. The molecule has 2 rings (SSSR count). The van der Waals surface area contributed by atoms with E-state index < -0.39 is 0 Å². The van der Waals surface area contributed by atoms with Gasteiger partial charge in [0.1, 0.15) is 12.4 Å². The molecule has 1 heterocycles. The van der Waals surface area contributed by atoms with Gasteiger partial charge in [-0.2, -0.15) is 0 Å². The Morgan fingerprint density at radius 2 is 1.86 bits per heavy atom. The molecule has 0 aliphatic rings. The number of benzene rings is 1. The number of hydrogen-bond donors (Lipinski definition) is 2. The van der Waals surface area contributed by atoms with Gasteiger partial charge in [-0.05, 0) is 30.7 Å². The van der Waals surface area contributed by atoms with Gasteiger partial charge in [0.25, 0.3) is 0 Å². The molecule has 0 aliphatic carbocycles. The Morgan fingerprint density at radius 3 is 2.55 bits per heavy atom. The molecule has 0 aliphatic heterocycles. The topological polar surface area (TPSA) is 45.7 Å². The first-order valence-corrected chi connectivity index (χ1v) is 8.33. The van der Waals surface area contributed by atoms with E-state index in [1.165, 1.54) is 9.75 Å². The Bertz CT molecular complexity index is 581. The van der Waals surface area contributed by atoms with E-state index in [1.54, 1.807) is 7.05 Å². The van der Waals surface area contributed by atoms with E-state index in [0.717, 1.165) is 24.7 Å². The summed E-state index contributed by atoms with van der Waals surface area (Å²) < 4.78 is 5.64. The van der Waals surface area contributed by atoms with Gasteiger partial charge in [-0.3, -0.25) is 4.99 Å². The molecule has 0 bridgehead atoms. The average Bonchev–Trinajstić information content (AvgIpc) is 3.03. The third-order valence-corrected chi connectivity index (χ3v) is 4.36. The summed E-state index contributed by atoms with van der Waals surface area (Å²) in [6.45, 7) is 4.28. The van der Waals surface area contributed by atoms with Crippen molar-refractivity contribution in [3.8, 4) is 5.75 Å². The molecule has 0 radical (unpaired) electrons. The second kappa shape index (κ2) is 9.10. The number of guanidine groups is 1. The van der Waals surface area contributed by atoms with Crippen LogP contribution in [-0.2, 0) is 13.0 Å². The Hall–Kier alpha value is -2.01. The number of para-hydroxylation sites is 1. The minimum Gasteiger partial charge on any atom is -0.492 e. The van der Waals surface area contributed by atoms with Crippen LogP contribution in [0.1, 0.15) is 16.7 Å². The van der Waals surface area contributed by atoms with E-state index >= 15 is 0 Å². The zero-order valence-corrected chi connectivity index (χ0v) is 14.0. The van der Waals surface area contributed by atoms with Gasteiger partial charge in [-0.25, -0.2) is 0 Å². The highest BCUT2D eigenvalue weighted by molar-refractivity contribution is 7.11. The van der Waals surface area contributed by atoms with E-state index in [-0.39, 0.29) is 0 Å². The largest absolute Gasteiger partial charge is 0.492 e. The maximum Gasteiger partial charge on any atom is 0.191 e. The van der Waals surface area contributed by atoms with Gasteiger partial charge in [0.15, 0.2) is 5.96 Å². The minimum absolute atomic E-state index is 0.601. The summed E-state index contributed by atoms with van der Waals surface area (Å²) in [5.41, 5.74) is 0. The van der Waals surface area contributed by atoms with Crippen molar-refractivity contribution in [2.45, 2.75) is 19.9 Å². The van der Waals surface area contributed by atoms with Crippen molar-refractivity contribution in [2.75, 3.05) is 20.2 Å². The molecule has 5 heteroatoms. The third-order valence-electron chi connectivity index (χ3n) is 3.13. The Labute approximate surface area is 136 Å². The molecule has 4 nitrogen and oxygen atoms in total. The first-order valence-electron chi connectivity index (χ1n) is 7.51. The van der Waals surface area contributed by atoms with E-state index in [9.17, 15) is 0 Å². The van der Waals surface area contributed by atoms with Gasteiger partial charge in [-0.1, -0.05) is 25.1 Å². The predicted molar refractivity (Wildman–Crippen MR) is 93.8 cm³/mol. The maximum atomic E-state index is 5.64. The van der Waals surface area contributed by atoms with Gasteiger partial charge in [0, 0.05) is 16.8 Å². The van der Waals surface area contributed by atoms with Crippen LogP contribution in [0.3, 0.4) is 0 Å². The molecule has 118 valence electrons. The van der Waals surface area contributed by atoms with Crippen LogP contribution in [-0.4, -0.2) is 26.2 Å². The van der Waals surface area contributed by atoms with Crippen LogP contribution in [0.5, 0.6) is 5.75 Å². The van der Waals surface area contributed by atoms with Crippen molar-refractivity contribution in [3.63, 3.8) is 0 Å². The molecule has 0 saturated carbocycles. The van der Waals surface area contributed by atoms with Gasteiger partial charge in [0.2, 0.25) is 0 Å². The zero-order chi connectivity index (χ0) is 15.6. The lowest BCUT2D eigenvalue weighted by molar-refractivity contribution is 0.322. The quantitative estimate of drug-likeness (QED) is 0.469. The van der Waals surface area contributed by atoms with Crippen LogP contribution in [0.2, 0.25) is 0 Å². The minimum atomic E-state index is 0.601. The second-order valence-corrected chi connectivity index (χ2v) is 5.99. The van der Waals surface area contributed by atoms with Crippen LogP contribution in [0, 0.1) is 0 Å². The molecule has 1 aromatic heterocycles. The van der Waals surface area contributed by atoms with Crippen molar-refractivity contribution >= 4 is 17.3 Å². The number of rotatable bonds is 7. The van der Waals surface area contributed by atoms with Crippen LogP contribution in [0.15, 0.2) is 47.5 Å². The zero-order valence-electron chi connectivity index (χ0n) is 13.1. The molecular formula is C17H23N3OS. The standard InChI is InChI=1S/C17H23N3OS/c1-3-15-9-10-16(22-15)13-20-17(18-2)19-11-12-21-14-7-5-4-6-8-14/h4-10H,3,11-13H2,1-2H3,(H2,18,19,20). The molecule has 1 aromatic carbocycles. The monoisotopic (exact) mass is 317 g/mol. The predicted octanol–water partition coefficient (Wildman–Crippen LogP) is 3.05. The summed E-state index contributed by atoms with van der Waals surface area (Å²) in [5, 5.41) is 6.56. The molecule has 2 N–H and O–H groups in total. The number of ether oxygens (including phenoxy) is 1. The third kappa shape index (κ3) is 5.41. The van der Waals surface area contributed by atoms with Gasteiger partial charge in [0.05, 0.1) is 13.1 Å². The van der Waals surface area contributed by atoms with Crippen molar-refractivity contribution in [3.05, 3.63) is 52.2 Å². The first kappa shape index (κ1) is 16.4. The highest BCUT2D eigenvalue weighted by atomic mass is 32.1. The normalized spacial score (nSPS) is 11.3. The van der Waals surface area contributed by atoms with Crippen LogP contribution in [0.4, 0.5) is 0 Å². The highest BCUT2D eigenvalue weighted by Gasteiger charge is 2.01. The van der Waals surface area contributed by atoms with Gasteiger partial charge >= 0.3 is 0 Å². The van der Waals surface area contributed by atoms with E-state index in [0.29, 0.717) is 13.2 Å². The fraction of sp³-hybridized carbons (Fsp3) is 0.353. The maximum absolute atomic E-state index is 5.64. The molecule has 2 aromatic rings. The van der Waals surface area contributed by atoms with E-state index in [1.807, 2.05) is 41.7 Å². The summed E-state index contributed by atoms with van der Waals surface area (Å²) in [4.78, 5) is 6.95. The van der Waals surface area contributed by atoms with Crippen molar-refractivity contribution in [1.82, 2.24) is 10.6 Å². The van der Waals surface area contributed by atoms with Crippen molar-refractivity contribution < 1.29 is 4.74 Å². The smallest absolute Gasteiger partial charge is 0.191 e. The highest BCUT2D eigenvalue weighted by Crippen LogP contribution is 2.16. The lowest BCUT2D eigenvalue weighted by Gasteiger charge is -2.12. The van der Waals surface area contributed by atoms with Crippen LogP contribution >= 0.6 is 11.3 Å². The van der Waals surface area contributed by atoms with Gasteiger partial charge in [-0.15, -0.1) is 11.3 Å². The fourth-order valence-electron chi connectivity index (χ4n) is 1.95.